The maximum Gasteiger partial charge on any atom is 0.149 e. The SMILES string of the molecule is Cc1cccc(Nc2cc(Nc3c(F)cccc3F)ncn2)c1. The Morgan fingerprint density at radius 1 is 0.826 bits per heavy atom. The molecular formula is C17H14F2N4. The van der Waals surface area contributed by atoms with Gasteiger partial charge in [-0.15, -0.1) is 0 Å². The van der Waals surface area contributed by atoms with Crippen LogP contribution in [-0.4, -0.2) is 9.97 Å². The molecule has 0 radical (unpaired) electrons. The van der Waals surface area contributed by atoms with E-state index in [1.807, 2.05) is 31.2 Å². The minimum atomic E-state index is -0.684. The first-order chi connectivity index (χ1) is 11.1. The van der Waals surface area contributed by atoms with Crippen LogP contribution in [0.4, 0.5) is 31.8 Å². The van der Waals surface area contributed by atoms with Gasteiger partial charge in [0.15, 0.2) is 0 Å². The number of para-hydroxylation sites is 1. The lowest BCUT2D eigenvalue weighted by atomic mass is 10.2. The summed E-state index contributed by atoms with van der Waals surface area (Å²) in [5, 5.41) is 5.76. The highest BCUT2D eigenvalue weighted by atomic mass is 19.1. The van der Waals surface area contributed by atoms with Crippen molar-refractivity contribution in [3.63, 3.8) is 0 Å². The van der Waals surface area contributed by atoms with Crippen molar-refractivity contribution in [2.75, 3.05) is 10.6 Å². The van der Waals surface area contributed by atoms with E-state index in [2.05, 4.69) is 20.6 Å². The van der Waals surface area contributed by atoms with E-state index in [1.165, 1.54) is 24.5 Å². The van der Waals surface area contributed by atoms with Gasteiger partial charge in [-0.3, -0.25) is 0 Å². The van der Waals surface area contributed by atoms with E-state index in [9.17, 15) is 8.78 Å². The first kappa shape index (κ1) is 14.9. The van der Waals surface area contributed by atoms with Gasteiger partial charge >= 0.3 is 0 Å². The molecule has 0 aliphatic rings. The topological polar surface area (TPSA) is 49.8 Å². The standard InChI is InChI=1S/C17H14F2N4/c1-11-4-2-5-12(8-11)22-15-9-16(21-10-20-15)23-17-13(18)6-3-7-14(17)19/h2-10H,1H3,(H2,20,21,22,23). The van der Waals surface area contributed by atoms with Gasteiger partial charge in [-0.1, -0.05) is 18.2 Å². The van der Waals surface area contributed by atoms with Crippen LogP contribution in [-0.2, 0) is 0 Å². The first-order valence-electron chi connectivity index (χ1n) is 6.98. The van der Waals surface area contributed by atoms with E-state index in [0.717, 1.165) is 11.3 Å². The van der Waals surface area contributed by atoms with Crippen LogP contribution in [0.15, 0.2) is 54.9 Å². The zero-order chi connectivity index (χ0) is 16.2. The summed E-state index contributed by atoms with van der Waals surface area (Å²) in [5.41, 5.74) is 1.73. The molecule has 0 spiro atoms. The molecule has 0 unspecified atom stereocenters. The fourth-order valence-corrected chi connectivity index (χ4v) is 2.11. The van der Waals surface area contributed by atoms with Crippen molar-refractivity contribution in [2.45, 2.75) is 6.92 Å². The average molecular weight is 312 g/mol. The van der Waals surface area contributed by atoms with Gasteiger partial charge < -0.3 is 10.6 Å². The molecule has 0 saturated carbocycles. The maximum atomic E-state index is 13.7. The van der Waals surface area contributed by atoms with E-state index in [4.69, 9.17) is 0 Å². The highest BCUT2D eigenvalue weighted by Gasteiger charge is 2.09. The van der Waals surface area contributed by atoms with Crippen molar-refractivity contribution in [3.05, 3.63) is 72.1 Å². The second-order valence-corrected chi connectivity index (χ2v) is 5.00. The Morgan fingerprint density at radius 3 is 2.17 bits per heavy atom. The number of hydrogen-bond acceptors (Lipinski definition) is 4. The van der Waals surface area contributed by atoms with Crippen molar-refractivity contribution in [2.24, 2.45) is 0 Å². The molecule has 1 heterocycles. The summed E-state index contributed by atoms with van der Waals surface area (Å²) in [6, 6.07) is 13.0. The Hall–Kier alpha value is -3.02. The highest BCUT2D eigenvalue weighted by Crippen LogP contribution is 2.23. The normalized spacial score (nSPS) is 10.4. The monoisotopic (exact) mass is 312 g/mol. The van der Waals surface area contributed by atoms with Crippen LogP contribution < -0.4 is 10.6 Å². The lowest BCUT2D eigenvalue weighted by Gasteiger charge is -2.10. The van der Waals surface area contributed by atoms with Crippen LogP contribution in [0, 0.1) is 18.6 Å². The molecule has 0 amide bonds. The van der Waals surface area contributed by atoms with Crippen molar-refractivity contribution in [1.29, 1.82) is 0 Å². The molecule has 0 bridgehead atoms. The molecule has 3 rings (SSSR count). The van der Waals surface area contributed by atoms with Crippen molar-refractivity contribution < 1.29 is 8.78 Å². The molecule has 2 N–H and O–H groups in total. The zero-order valence-corrected chi connectivity index (χ0v) is 12.3. The Bertz CT molecular complexity index is 816. The predicted molar refractivity (Wildman–Crippen MR) is 86.1 cm³/mol. The average Bonchev–Trinajstić information content (AvgIpc) is 2.52. The number of nitrogens with one attached hydrogen (secondary N) is 2. The molecule has 0 fully saturated rings. The molecule has 6 heteroatoms. The van der Waals surface area contributed by atoms with E-state index in [0.29, 0.717) is 11.6 Å². The van der Waals surface area contributed by atoms with Gasteiger partial charge in [0.05, 0.1) is 0 Å². The molecule has 0 aliphatic heterocycles. The molecule has 0 saturated heterocycles. The van der Waals surface area contributed by atoms with Crippen LogP contribution in [0.3, 0.4) is 0 Å². The second kappa shape index (κ2) is 6.39. The van der Waals surface area contributed by atoms with E-state index >= 15 is 0 Å². The van der Waals surface area contributed by atoms with E-state index < -0.39 is 11.6 Å². The molecule has 4 nitrogen and oxygen atoms in total. The summed E-state index contributed by atoms with van der Waals surface area (Å²) >= 11 is 0. The van der Waals surface area contributed by atoms with E-state index in [-0.39, 0.29) is 5.69 Å². The summed E-state index contributed by atoms with van der Waals surface area (Å²) in [6.07, 6.45) is 1.32. The van der Waals surface area contributed by atoms with Crippen molar-refractivity contribution in [1.82, 2.24) is 9.97 Å². The quantitative estimate of drug-likeness (QED) is 0.742. The molecule has 0 aliphatic carbocycles. The molecule has 1 aromatic heterocycles. The predicted octanol–water partition coefficient (Wildman–Crippen LogP) is 4.55. The van der Waals surface area contributed by atoms with Crippen LogP contribution in [0.25, 0.3) is 0 Å². The first-order valence-corrected chi connectivity index (χ1v) is 6.98. The summed E-state index contributed by atoms with van der Waals surface area (Å²) in [6.45, 7) is 1.99. The molecule has 23 heavy (non-hydrogen) atoms. The van der Waals surface area contributed by atoms with Gasteiger partial charge in [0.1, 0.15) is 35.3 Å². The number of aromatic nitrogens is 2. The van der Waals surface area contributed by atoms with Gasteiger partial charge in [0.2, 0.25) is 0 Å². The van der Waals surface area contributed by atoms with Gasteiger partial charge in [-0.25, -0.2) is 18.7 Å². The Balaban J connectivity index is 1.83. The van der Waals surface area contributed by atoms with Gasteiger partial charge in [-0.05, 0) is 36.8 Å². The van der Waals surface area contributed by atoms with Crippen molar-refractivity contribution >= 4 is 23.0 Å². The lowest BCUT2D eigenvalue weighted by Crippen LogP contribution is -2.01. The number of anilines is 4. The highest BCUT2D eigenvalue weighted by molar-refractivity contribution is 5.63. The number of hydrogen-bond donors (Lipinski definition) is 2. The van der Waals surface area contributed by atoms with E-state index in [1.54, 1.807) is 6.07 Å². The number of aryl methyl sites for hydroxylation is 1. The number of benzene rings is 2. The summed E-state index contributed by atoms with van der Waals surface area (Å²) in [5.74, 6) is -0.558. The fraction of sp³-hybridized carbons (Fsp3) is 0.0588. The van der Waals surface area contributed by atoms with Gasteiger partial charge in [-0.2, -0.15) is 0 Å². The molecule has 0 atom stereocenters. The summed E-state index contributed by atoms with van der Waals surface area (Å²) in [4.78, 5) is 8.08. The lowest BCUT2D eigenvalue weighted by molar-refractivity contribution is 0.590. The summed E-state index contributed by atoms with van der Waals surface area (Å²) < 4.78 is 27.3. The molecular weight excluding hydrogens is 298 g/mol. The zero-order valence-electron chi connectivity index (χ0n) is 12.3. The maximum absolute atomic E-state index is 13.7. The minimum absolute atomic E-state index is 0.243. The second-order valence-electron chi connectivity index (χ2n) is 5.00. The number of rotatable bonds is 4. The Kier molecular flexibility index (Phi) is 4.14. The van der Waals surface area contributed by atoms with Crippen LogP contribution in [0.2, 0.25) is 0 Å². The van der Waals surface area contributed by atoms with Crippen LogP contribution in [0.1, 0.15) is 5.56 Å². The van der Waals surface area contributed by atoms with Gasteiger partial charge in [0.25, 0.3) is 0 Å². The Morgan fingerprint density at radius 2 is 1.48 bits per heavy atom. The minimum Gasteiger partial charge on any atom is -0.340 e. The molecule has 116 valence electrons. The summed E-state index contributed by atoms with van der Waals surface area (Å²) in [7, 11) is 0. The Labute approximate surface area is 132 Å². The van der Waals surface area contributed by atoms with Crippen LogP contribution in [0.5, 0.6) is 0 Å². The number of halogens is 2. The number of nitrogens with zero attached hydrogens (tertiary/aromatic N) is 2. The van der Waals surface area contributed by atoms with Crippen molar-refractivity contribution in [3.8, 4) is 0 Å². The third kappa shape index (κ3) is 3.60. The van der Waals surface area contributed by atoms with Gasteiger partial charge in [0, 0.05) is 11.8 Å². The smallest absolute Gasteiger partial charge is 0.149 e. The third-order valence-electron chi connectivity index (χ3n) is 3.17. The van der Waals surface area contributed by atoms with Crippen LogP contribution >= 0.6 is 0 Å². The molecule has 3 aromatic rings. The third-order valence-corrected chi connectivity index (χ3v) is 3.17. The molecule has 2 aromatic carbocycles. The fourth-order valence-electron chi connectivity index (χ4n) is 2.11. The largest absolute Gasteiger partial charge is 0.340 e.